The van der Waals surface area contributed by atoms with Crippen LogP contribution >= 0.6 is 0 Å². The van der Waals surface area contributed by atoms with E-state index in [-0.39, 0.29) is 89.5 Å². The number of ketones is 3. The van der Waals surface area contributed by atoms with E-state index in [9.17, 15) is 14.4 Å². The number of allylic oxidation sites excluding steroid dienone is 6. The molecule has 8 heteroatoms. The molecule has 0 heterocycles. The van der Waals surface area contributed by atoms with Gasteiger partial charge in [0.25, 0.3) is 0 Å². The van der Waals surface area contributed by atoms with E-state index in [4.69, 9.17) is 15.3 Å². The van der Waals surface area contributed by atoms with E-state index in [0.29, 0.717) is 0 Å². The number of aliphatic hydroxyl groups excluding tert-OH is 3. The molecule has 0 aliphatic heterocycles. The second kappa shape index (κ2) is 21.2. The van der Waals surface area contributed by atoms with Crippen LogP contribution in [0.2, 0.25) is 0 Å². The Balaban J connectivity index is -0.0000000675. The number of aliphatic hydroxyl groups is 3. The van der Waals surface area contributed by atoms with Gasteiger partial charge in [-0.15, -0.1) is 0 Å². The molecule has 0 saturated carbocycles. The standard InChI is InChI=1S/3C5H8O2.Eu.H2O/c3*1-4(6)3-5(2)7;;/h3*3,6H,1-2H3;;1H2/b3*4-3-;;. The zero-order valence-electron chi connectivity index (χ0n) is 14.2. The molecular weight excluding hydrogens is 444 g/mol. The molecule has 0 rings (SSSR count). The third kappa shape index (κ3) is 62.3. The van der Waals surface area contributed by atoms with Crippen molar-refractivity contribution in [2.24, 2.45) is 0 Å². The van der Waals surface area contributed by atoms with E-state index in [0.717, 1.165) is 0 Å². The molecule has 0 atom stereocenters. The summed E-state index contributed by atoms with van der Waals surface area (Å²) >= 11 is 0. The van der Waals surface area contributed by atoms with Crippen LogP contribution in [0, 0.1) is 49.4 Å². The molecule has 0 bridgehead atoms. The van der Waals surface area contributed by atoms with Gasteiger partial charge in [0.15, 0.2) is 17.3 Å². The summed E-state index contributed by atoms with van der Waals surface area (Å²) in [6.45, 7) is 8.54. The molecule has 0 aromatic rings. The fourth-order valence-corrected chi connectivity index (χ4v) is 0.882. The monoisotopic (exact) mass is 471 g/mol. The average molecular weight is 470 g/mol. The van der Waals surface area contributed by atoms with Gasteiger partial charge in [-0.05, 0) is 41.5 Å². The van der Waals surface area contributed by atoms with Gasteiger partial charge in [0, 0.05) is 67.6 Å². The van der Waals surface area contributed by atoms with Crippen molar-refractivity contribution in [2.45, 2.75) is 41.5 Å². The van der Waals surface area contributed by atoms with Crippen LogP contribution in [0.3, 0.4) is 0 Å². The second-order valence-corrected chi connectivity index (χ2v) is 4.19. The van der Waals surface area contributed by atoms with Crippen LogP contribution in [0.15, 0.2) is 35.5 Å². The first-order valence-electron chi connectivity index (χ1n) is 6.02. The summed E-state index contributed by atoms with van der Waals surface area (Å²) in [4.78, 5) is 30.1. The molecule has 0 saturated heterocycles. The molecule has 0 aromatic heterocycles. The van der Waals surface area contributed by atoms with Crippen LogP contribution in [0.25, 0.3) is 0 Å². The predicted molar refractivity (Wildman–Crippen MR) is 84.8 cm³/mol. The van der Waals surface area contributed by atoms with Crippen LogP contribution in [-0.4, -0.2) is 38.1 Å². The molecule has 135 valence electrons. The van der Waals surface area contributed by atoms with Crippen molar-refractivity contribution in [1.29, 1.82) is 0 Å². The molecule has 5 N–H and O–H groups in total. The molecule has 0 aliphatic rings. The predicted octanol–water partition coefficient (Wildman–Crippen LogP) is 2.29. The number of hydrogen-bond donors (Lipinski definition) is 3. The number of rotatable bonds is 3. The first kappa shape index (κ1) is 33.7. The van der Waals surface area contributed by atoms with Crippen LogP contribution in [0.1, 0.15) is 41.5 Å². The van der Waals surface area contributed by atoms with Crippen LogP contribution in [-0.2, 0) is 14.4 Å². The smallest absolute Gasteiger partial charge is 0.155 e. The first-order chi connectivity index (χ1) is 9.38. The summed E-state index contributed by atoms with van der Waals surface area (Å²) in [7, 11) is 0. The van der Waals surface area contributed by atoms with Gasteiger partial charge in [0.2, 0.25) is 0 Å². The van der Waals surface area contributed by atoms with Crippen molar-refractivity contribution in [3.8, 4) is 0 Å². The Morgan fingerprint density at radius 2 is 0.696 bits per heavy atom. The summed E-state index contributed by atoms with van der Waals surface area (Å²) in [6, 6.07) is 0. The van der Waals surface area contributed by atoms with Gasteiger partial charge in [0.05, 0.1) is 17.3 Å². The number of carbonyl (C=O) groups excluding carboxylic acids is 3. The van der Waals surface area contributed by atoms with Crippen molar-refractivity contribution in [3.63, 3.8) is 0 Å². The fourth-order valence-electron chi connectivity index (χ4n) is 0.882. The molecule has 7 nitrogen and oxygen atoms in total. The van der Waals surface area contributed by atoms with E-state index in [1.54, 1.807) is 0 Å². The molecule has 0 unspecified atom stereocenters. The molecule has 0 aromatic carbocycles. The van der Waals surface area contributed by atoms with Crippen molar-refractivity contribution < 1.29 is 84.6 Å². The number of hydrogen-bond acceptors (Lipinski definition) is 6. The van der Waals surface area contributed by atoms with Gasteiger partial charge < -0.3 is 20.8 Å². The Morgan fingerprint density at radius 3 is 0.696 bits per heavy atom. The summed E-state index contributed by atoms with van der Waals surface area (Å²) in [6.07, 6.45) is 3.50. The topological polar surface area (TPSA) is 143 Å². The van der Waals surface area contributed by atoms with Crippen molar-refractivity contribution in [1.82, 2.24) is 0 Å². The van der Waals surface area contributed by atoms with E-state index in [1.165, 1.54) is 59.8 Å². The van der Waals surface area contributed by atoms with E-state index in [1.807, 2.05) is 0 Å². The third-order valence-corrected chi connectivity index (χ3v) is 1.24. The normalized spacial score (nSPS) is 10.4. The Morgan fingerprint density at radius 1 is 0.565 bits per heavy atom. The SMILES string of the molecule is CC(=O)/C=C(/C)O.CC(=O)/C=C(/C)O.CC(=O)/C=C(/C)O.O.[Eu]. The van der Waals surface area contributed by atoms with Gasteiger partial charge in [0.1, 0.15) is 0 Å². The quantitative estimate of drug-likeness (QED) is 0.427. The van der Waals surface area contributed by atoms with E-state index < -0.39 is 0 Å². The zero-order chi connectivity index (χ0) is 17.6. The average Bonchev–Trinajstić information content (AvgIpc) is 2.10. The van der Waals surface area contributed by atoms with Crippen LogP contribution in [0.4, 0.5) is 0 Å². The van der Waals surface area contributed by atoms with Gasteiger partial charge in [-0.25, -0.2) is 0 Å². The first-order valence-corrected chi connectivity index (χ1v) is 6.02. The van der Waals surface area contributed by atoms with Gasteiger partial charge in [-0.2, -0.15) is 0 Å². The summed E-state index contributed by atoms with van der Waals surface area (Å²) in [5.74, 6) is -0.187. The van der Waals surface area contributed by atoms with Crippen LogP contribution < -0.4 is 0 Å². The maximum absolute atomic E-state index is 10.0. The van der Waals surface area contributed by atoms with Crippen molar-refractivity contribution in [3.05, 3.63) is 35.5 Å². The van der Waals surface area contributed by atoms with E-state index in [2.05, 4.69) is 0 Å². The van der Waals surface area contributed by atoms with Crippen molar-refractivity contribution >= 4 is 17.3 Å². The van der Waals surface area contributed by atoms with Crippen molar-refractivity contribution in [2.75, 3.05) is 0 Å². The minimum Gasteiger partial charge on any atom is -0.512 e. The molecule has 1 radical (unpaired) electrons. The molecule has 23 heavy (non-hydrogen) atoms. The molecule has 0 amide bonds. The maximum atomic E-state index is 10.0. The maximum Gasteiger partial charge on any atom is 0.155 e. The summed E-state index contributed by atoms with van der Waals surface area (Å²) in [5.41, 5.74) is 0. The Bertz CT molecular complexity index is 370. The second-order valence-electron chi connectivity index (χ2n) is 4.19. The largest absolute Gasteiger partial charge is 0.512 e. The fraction of sp³-hybridized carbons (Fsp3) is 0.400. The number of carbonyl (C=O) groups is 3. The Labute approximate surface area is 177 Å². The Kier molecular flexibility index (Phi) is 31.0. The summed E-state index contributed by atoms with van der Waals surface area (Å²) in [5, 5.41) is 25.1. The molecule has 0 aliphatic carbocycles. The molecular formula is C15H26EuO7. The van der Waals surface area contributed by atoms with E-state index >= 15 is 0 Å². The molecule has 0 spiro atoms. The third-order valence-electron chi connectivity index (χ3n) is 1.24. The summed E-state index contributed by atoms with van der Waals surface area (Å²) < 4.78 is 0. The van der Waals surface area contributed by atoms with Gasteiger partial charge in [-0.1, -0.05) is 0 Å². The Hall–Kier alpha value is -0.826. The minimum atomic E-state index is -0.125. The van der Waals surface area contributed by atoms with Crippen LogP contribution in [0.5, 0.6) is 0 Å². The van der Waals surface area contributed by atoms with Gasteiger partial charge in [-0.3, -0.25) is 14.4 Å². The zero-order valence-corrected chi connectivity index (χ0v) is 16.6. The van der Waals surface area contributed by atoms with Gasteiger partial charge >= 0.3 is 0 Å². The minimum absolute atomic E-state index is 0. The molecule has 0 fully saturated rings.